The van der Waals surface area contributed by atoms with Crippen LogP contribution in [0.2, 0.25) is 0 Å². The molecular weight excluding hydrogens is 441 g/mol. The molecule has 0 aliphatic heterocycles. The molecule has 0 saturated carbocycles. The van der Waals surface area contributed by atoms with E-state index in [1.54, 1.807) is 29.1 Å². The lowest BCUT2D eigenvalue weighted by atomic mass is 10.1. The number of nitrogens with one attached hydrogen (secondary N) is 3. The molecule has 166 valence electrons. The van der Waals surface area contributed by atoms with Crippen molar-refractivity contribution in [1.82, 2.24) is 25.6 Å². The van der Waals surface area contributed by atoms with Crippen molar-refractivity contribution in [3.63, 3.8) is 0 Å². The highest BCUT2D eigenvalue weighted by Crippen LogP contribution is 2.29. The summed E-state index contributed by atoms with van der Waals surface area (Å²) in [6, 6.07) is 15.7. The smallest absolute Gasteiger partial charge is 0.279 e. The predicted molar refractivity (Wildman–Crippen MR) is 125 cm³/mol. The largest absolute Gasteiger partial charge is 0.361 e. The maximum absolute atomic E-state index is 13.2. The summed E-state index contributed by atoms with van der Waals surface area (Å²) >= 11 is 1.29. The van der Waals surface area contributed by atoms with Gasteiger partial charge in [-0.25, -0.2) is 4.39 Å². The van der Waals surface area contributed by atoms with Crippen LogP contribution in [0.25, 0.3) is 21.1 Å². The highest BCUT2D eigenvalue weighted by molar-refractivity contribution is 7.20. The molecule has 0 atom stereocenters. The van der Waals surface area contributed by atoms with Crippen LogP contribution in [0.15, 0.2) is 60.8 Å². The van der Waals surface area contributed by atoms with E-state index in [0.29, 0.717) is 11.4 Å². The summed E-state index contributed by atoms with van der Waals surface area (Å²) in [5, 5.41) is 6.39. The van der Waals surface area contributed by atoms with Gasteiger partial charge in [0.15, 0.2) is 0 Å². The van der Waals surface area contributed by atoms with Gasteiger partial charge in [0.05, 0.1) is 23.5 Å². The fourth-order valence-electron chi connectivity index (χ4n) is 3.78. The van der Waals surface area contributed by atoms with Crippen molar-refractivity contribution in [3.8, 4) is 0 Å². The van der Waals surface area contributed by atoms with Crippen LogP contribution in [0.3, 0.4) is 0 Å². The van der Waals surface area contributed by atoms with E-state index in [2.05, 4.69) is 20.9 Å². The van der Waals surface area contributed by atoms with Crippen molar-refractivity contribution in [3.05, 3.63) is 88.3 Å². The van der Waals surface area contributed by atoms with Gasteiger partial charge in [-0.05, 0) is 42.3 Å². The Balaban J connectivity index is 1.26. The van der Waals surface area contributed by atoms with Crippen LogP contribution in [0.4, 0.5) is 4.39 Å². The molecule has 0 bridgehead atoms. The van der Waals surface area contributed by atoms with Crippen LogP contribution in [-0.4, -0.2) is 26.6 Å². The number of aromatic amines is 1. The van der Waals surface area contributed by atoms with Crippen molar-refractivity contribution >= 4 is 44.3 Å². The minimum Gasteiger partial charge on any atom is -0.361 e. The molecule has 0 fully saturated rings. The third-order valence-electron chi connectivity index (χ3n) is 5.42. The molecule has 0 saturated heterocycles. The van der Waals surface area contributed by atoms with Gasteiger partial charge in [-0.3, -0.25) is 25.1 Å². The zero-order valence-corrected chi connectivity index (χ0v) is 18.5. The van der Waals surface area contributed by atoms with E-state index in [-0.39, 0.29) is 18.1 Å². The van der Waals surface area contributed by atoms with E-state index in [1.165, 1.54) is 23.5 Å². The molecule has 3 aromatic heterocycles. The van der Waals surface area contributed by atoms with Gasteiger partial charge in [-0.15, -0.1) is 11.3 Å². The second-order valence-electron chi connectivity index (χ2n) is 7.74. The topological polar surface area (TPSA) is 91.8 Å². The lowest BCUT2D eigenvalue weighted by molar-refractivity contribution is -0.121. The van der Waals surface area contributed by atoms with Crippen molar-refractivity contribution in [2.24, 2.45) is 0 Å². The normalized spacial score (nSPS) is 11.2. The first-order valence-corrected chi connectivity index (χ1v) is 11.1. The van der Waals surface area contributed by atoms with Crippen molar-refractivity contribution in [1.29, 1.82) is 0 Å². The lowest BCUT2D eigenvalue weighted by Gasteiger charge is -2.06. The van der Waals surface area contributed by atoms with Crippen molar-refractivity contribution < 1.29 is 14.0 Å². The molecular formula is C24H20FN5O2S. The molecule has 5 aromatic rings. The van der Waals surface area contributed by atoms with E-state index in [0.717, 1.165) is 37.9 Å². The van der Waals surface area contributed by atoms with E-state index < -0.39 is 5.91 Å². The summed E-state index contributed by atoms with van der Waals surface area (Å²) in [6.07, 6.45) is 1.94. The Kier molecular flexibility index (Phi) is 5.39. The number of nitrogens with zero attached hydrogens (tertiary/aromatic N) is 2. The average Bonchev–Trinajstić information content (AvgIpc) is 3.50. The van der Waals surface area contributed by atoms with Crippen LogP contribution < -0.4 is 10.9 Å². The number of carbonyl (C=O) groups excluding carboxylic acids is 2. The number of rotatable bonds is 5. The number of para-hydroxylation sites is 1. The summed E-state index contributed by atoms with van der Waals surface area (Å²) in [5.41, 5.74) is 8.51. The number of hydrogen-bond donors (Lipinski definition) is 3. The zero-order valence-electron chi connectivity index (χ0n) is 17.7. The number of thiophene rings is 1. The monoisotopic (exact) mass is 461 g/mol. The molecule has 5 rings (SSSR count). The number of aryl methyl sites for hydroxylation is 1. The van der Waals surface area contributed by atoms with Gasteiger partial charge >= 0.3 is 0 Å². The molecule has 7 nitrogen and oxygen atoms in total. The molecule has 3 heterocycles. The van der Waals surface area contributed by atoms with Crippen LogP contribution in [0, 0.1) is 12.7 Å². The minimum absolute atomic E-state index is 0.141. The summed E-state index contributed by atoms with van der Waals surface area (Å²) in [7, 11) is 0. The Hall–Kier alpha value is -3.98. The number of fused-ring (bicyclic) bond motifs is 2. The number of hydrogen-bond acceptors (Lipinski definition) is 4. The number of H-pyrrole nitrogens is 1. The average molecular weight is 462 g/mol. The zero-order chi connectivity index (χ0) is 22.9. The summed E-state index contributed by atoms with van der Waals surface area (Å²) in [4.78, 5) is 29.5. The molecule has 2 amide bonds. The van der Waals surface area contributed by atoms with E-state index in [9.17, 15) is 14.0 Å². The predicted octanol–water partition coefficient (Wildman–Crippen LogP) is 4.08. The highest BCUT2D eigenvalue weighted by atomic mass is 32.1. The Morgan fingerprint density at radius 2 is 1.88 bits per heavy atom. The molecule has 0 aliphatic rings. The van der Waals surface area contributed by atoms with Gasteiger partial charge in [0.2, 0.25) is 5.91 Å². The quantitative estimate of drug-likeness (QED) is 0.345. The van der Waals surface area contributed by atoms with Crippen molar-refractivity contribution in [2.75, 3.05) is 0 Å². The first-order chi connectivity index (χ1) is 16.0. The second kappa shape index (κ2) is 8.51. The van der Waals surface area contributed by atoms with Gasteiger partial charge in [0, 0.05) is 22.5 Å². The third-order valence-corrected chi connectivity index (χ3v) is 6.57. The van der Waals surface area contributed by atoms with Gasteiger partial charge in [-0.1, -0.05) is 30.3 Å². The second-order valence-corrected chi connectivity index (χ2v) is 8.77. The Labute approximate surface area is 192 Å². The maximum Gasteiger partial charge on any atom is 0.279 e. The molecule has 3 N–H and O–H groups in total. The Bertz CT molecular complexity index is 1480. The highest BCUT2D eigenvalue weighted by Gasteiger charge is 2.17. The fraction of sp³-hybridized carbons (Fsp3) is 0.125. The number of halogens is 1. The number of amides is 2. The van der Waals surface area contributed by atoms with Crippen LogP contribution in [-0.2, 0) is 17.8 Å². The van der Waals surface area contributed by atoms with E-state index in [1.807, 2.05) is 31.2 Å². The van der Waals surface area contributed by atoms with Gasteiger partial charge < -0.3 is 4.98 Å². The van der Waals surface area contributed by atoms with Crippen LogP contribution in [0.5, 0.6) is 0 Å². The molecule has 0 unspecified atom stereocenters. The first-order valence-electron chi connectivity index (χ1n) is 10.3. The molecule has 0 spiro atoms. The summed E-state index contributed by atoms with van der Waals surface area (Å²) in [5.74, 6) is -0.994. The lowest BCUT2D eigenvalue weighted by Crippen LogP contribution is -2.42. The maximum atomic E-state index is 13.2. The fourth-order valence-corrected chi connectivity index (χ4v) is 4.83. The van der Waals surface area contributed by atoms with Crippen molar-refractivity contribution in [2.45, 2.75) is 19.9 Å². The molecule has 33 heavy (non-hydrogen) atoms. The molecule has 2 aromatic carbocycles. The number of carbonyl (C=O) groups is 2. The van der Waals surface area contributed by atoms with E-state index >= 15 is 0 Å². The Morgan fingerprint density at radius 3 is 2.70 bits per heavy atom. The summed E-state index contributed by atoms with van der Waals surface area (Å²) in [6.45, 7) is 2.34. The summed E-state index contributed by atoms with van der Waals surface area (Å²) < 4.78 is 15.0. The number of hydrazine groups is 1. The Morgan fingerprint density at radius 1 is 1.09 bits per heavy atom. The number of aromatic nitrogens is 3. The van der Waals surface area contributed by atoms with Gasteiger partial charge in [0.1, 0.15) is 10.6 Å². The van der Waals surface area contributed by atoms with Gasteiger partial charge in [0.25, 0.3) is 5.91 Å². The molecule has 0 radical (unpaired) electrons. The third kappa shape index (κ3) is 4.22. The first kappa shape index (κ1) is 20.9. The minimum atomic E-state index is -0.392. The molecule has 0 aliphatic carbocycles. The van der Waals surface area contributed by atoms with Crippen LogP contribution >= 0.6 is 11.3 Å². The van der Waals surface area contributed by atoms with E-state index in [4.69, 9.17) is 0 Å². The SMILES string of the molecule is Cc1nn(Cc2ccc(F)cc2)c2sc(C(=O)NNC(=O)Cc3c[nH]c4ccccc34)cc12. The number of benzene rings is 2. The standard InChI is InChI=1S/C24H20FN5O2S/c1-14-19-11-21(33-24(19)30(29-14)13-15-6-8-17(25)9-7-15)23(32)28-27-22(31)10-16-12-26-20-5-3-2-4-18(16)20/h2-9,11-12,26H,10,13H2,1H3,(H,27,31)(H,28,32). The van der Waals surface area contributed by atoms with Gasteiger partial charge in [-0.2, -0.15) is 5.10 Å². The van der Waals surface area contributed by atoms with Crippen LogP contribution in [0.1, 0.15) is 26.5 Å². The molecule has 9 heteroatoms.